The highest BCUT2D eigenvalue weighted by molar-refractivity contribution is 7.92. The molecule has 8 heteroatoms. The molecule has 1 atom stereocenters. The fourth-order valence-corrected chi connectivity index (χ4v) is 5.37. The van der Waals surface area contributed by atoms with Crippen molar-refractivity contribution < 1.29 is 17.9 Å². The van der Waals surface area contributed by atoms with Crippen LogP contribution in [0.3, 0.4) is 0 Å². The van der Waals surface area contributed by atoms with Crippen molar-refractivity contribution in [3.63, 3.8) is 0 Å². The van der Waals surface area contributed by atoms with Gasteiger partial charge in [-0.3, -0.25) is 9.71 Å². The van der Waals surface area contributed by atoms with Gasteiger partial charge in [-0.15, -0.1) is 0 Å². The summed E-state index contributed by atoms with van der Waals surface area (Å²) in [6.07, 6.45) is 6.04. The normalized spacial score (nSPS) is 22.0. The van der Waals surface area contributed by atoms with E-state index in [4.69, 9.17) is 9.47 Å². The Bertz CT molecular complexity index is 849. The molecule has 0 bridgehead atoms. The first-order valence-electron chi connectivity index (χ1n) is 10.2. The Morgan fingerprint density at radius 2 is 2.14 bits per heavy atom. The monoisotopic (exact) mass is 407 g/mol. The first-order chi connectivity index (χ1) is 13.4. The minimum Gasteiger partial charge on any atom is -0.491 e. The minimum absolute atomic E-state index is 0.0301. The molecular formula is C20H29N3O4S. The number of nitrogens with one attached hydrogen (secondary N) is 1. The lowest BCUT2D eigenvalue weighted by molar-refractivity contribution is 0.120. The van der Waals surface area contributed by atoms with Gasteiger partial charge < -0.3 is 14.4 Å². The molecule has 1 aliphatic carbocycles. The Kier molecular flexibility index (Phi) is 5.40. The van der Waals surface area contributed by atoms with Crippen LogP contribution >= 0.6 is 0 Å². The third-order valence-corrected chi connectivity index (χ3v) is 7.04. The number of fused-ring (bicyclic) bond motifs is 1. The zero-order chi connectivity index (χ0) is 19.7. The van der Waals surface area contributed by atoms with E-state index < -0.39 is 10.0 Å². The van der Waals surface area contributed by atoms with E-state index >= 15 is 0 Å². The van der Waals surface area contributed by atoms with Gasteiger partial charge in [0.2, 0.25) is 10.0 Å². The van der Waals surface area contributed by atoms with Gasteiger partial charge in [-0.05, 0) is 37.3 Å². The van der Waals surface area contributed by atoms with Gasteiger partial charge in [0, 0.05) is 18.5 Å². The number of sulfonamides is 1. The summed E-state index contributed by atoms with van der Waals surface area (Å²) in [7, 11) is -3.50. The van der Waals surface area contributed by atoms with Gasteiger partial charge in [0.1, 0.15) is 11.4 Å². The Labute approximate surface area is 167 Å². The molecular weight excluding hydrogens is 378 g/mol. The van der Waals surface area contributed by atoms with E-state index in [-0.39, 0.29) is 23.8 Å². The zero-order valence-electron chi connectivity index (χ0n) is 16.6. The van der Waals surface area contributed by atoms with E-state index in [2.05, 4.69) is 14.6 Å². The number of anilines is 1. The van der Waals surface area contributed by atoms with Crippen LogP contribution in [0.4, 0.5) is 5.69 Å². The molecule has 0 aromatic heterocycles. The molecule has 0 radical (unpaired) electrons. The molecule has 154 valence electrons. The molecule has 4 rings (SSSR count). The Morgan fingerprint density at radius 1 is 1.32 bits per heavy atom. The van der Waals surface area contributed by atoms with Crippen LogP contribution in [-0.4, -0.2) is 51.2 Å². The molecule has 1 saturated carbocycles. The number of aliphatic imine (C=N–C) groups is 1. The van der Waals surface area contributed by atoms with Crippen LogP contribution in [0.5, 0.6) is 11.5 Å². The van der Waals surface area contributed by atoms with Gasteiger partial charge in [-0.25, -0.2) is 8.42 Å². The van der Waals surface area contributed by atoms with E-state index in [1.54, 1.807) is 0 Å². The van der Waals surface area contributed by atoms with E-state index in [1.165, 1.54) is 0 Å². The Morgan fingerprint density at radius 3 is 2.79 bits per heavy atom. The highest BCUT2D eigenvalue weighted by atomic mass is 32.2. The number of hydrogen-bond donors (Lipinski definition) is 1. The zero-order valence-corrected chi connectivity index (χ0v) is 17.4. The first kappa shape index (κ1) is 19.4. The molecule has 1 N–H and O–H groups in total. The minimum atomic E-state index is -3.50. The van der Waals surface area contributed by atoms with Gasteiger partial charge in [0.05, 0.1) is 37.4 Å². The van der Waals surface area contributed by atoms with Crippen molar-refractivity contribution in [3.05, 3.63) is 17.7 Å². The van der Waals surface area contributed by atoms with Crippen LogP contribution in [0, 0.1) is 5.92 Å². The maximum Gasteiger partial charge on any atom is 0.233 e. The molecule has 0 spiro atoms. The van der Waals surface area contributed by atoms with Crippen LogP contribution in [0.25, 0.3) is 0 Å². The molecule has 7 nitrogen and oxygen atoms in total. The molecule has 0 amide bonds. The summed E-state index contributed by atoms with van der Waals surface area (Å²) in [5.74, 6) is 1.25. The van der Waals surface area contributed by atoms with Crippen molar-refractivity contribution in [2.75, 3.05) is 30.2 Å². The fourth-order valence-electron chi connectivity index (χ4n) is 3.90. The van der Waals surface area contributed by atoms with Crippen LogP contribution in [-0.2, 0) is 10.0 Å². The summed E-state index contributed by atoms with van der Waals surface area (Å²) in [5.41, 5.74) is 1.44. The third kappa shape index (κ3) is 4.06. The molecule has 2 aliphatic heterocycles. The van der Waals surface area contributed by atoms with Crippen molar-refractivity contribution in [1.29, 1.82) is 0 Å². The second-order valence-electron chi connectivity index (χ2n) is 8.22. The summed E-state index contributed by atoms with van der Waals surface area (Å²) in [6, 6.07) is 4.04. The smallest absolute Gasteiger partial charge is 0.233 e. The van der Waals surface area contributed by atoms with Crippen LogP contribution in [0.15, 0.2) is 17.1 Å². The van der Waals surface area contributed by atoms with E-state index in [9.17, 15) is 8.42 Å². The summed E-state index contributed by atoms with van der Waals surface area (Å²) >= 11 is 0. The summed E-state index contributed by atoms with van der Waals surface area (Å²) < 4.78 is 40.3. The summed E-state index contributed by atoms with van der Waals surface area (Å²) in [6.45, 7) is 5.99. The number of hydrogen-bond acceptors (Lipinski definition) is 6. The number of ether oxygens (including phenoxy) is 2. The Balaban J connectivity index is 1.71. The van der Waals surface area contributed by atoms with E-state index in [0.717, 1.165) is 44.3 Å². The lowest BCUT2D eigenvalue weighted by Crippen LogP contribution is -2.31. The molecule has 28 heavy (non-hydrogen) atoms. The fraction of sp³-hybridized carbons (Fsp3) is 0.650. The highest BCUT2D eigenvalue weighted by Crippen LogP contribution is 2.46. The Hall–Kier alpha value is -1.96. The number of nitrogens with zero attached hydrogens (tertiary/aromatic N) is 2. The second kappa shape index (κ2) is 7.81. The standard InChI is InChI=1S/C20H29N3O4S/c1-14(2)12-28(24,25)22-19-18(27-15-4-3-5-15)7-6-16-17(8-11-26-20(16)19)23-10-9-21-13-23/h6-7,13-15,17,22H,3-5,8-12H2,1-2H3. The number of rotatable bonds is 7. The largest absolute Gasteiger partial charge is 0.491 e. The maximum atomic E-state index is 12.7. The maximum absolute atomic E-state index is 12.7. The average Bonchev–Trinajstić information content (AvgIpc) is 3.12. The highest BCUT2D eigenvalue weighted by Gasteiger charge is 2.32. The quantitative estimate of drug-likeness (QED) is 0.751. The molecule has 1 aromatic rings. The summed E-state index contributed by atoms with van der Waals surface area (Å²) in [4.78, 5) is 6.54. The molecule has 1 unspecified atom stereocenters. The molecule has 1 aromatic carbocycles. The van der Waals surface area contributed by atoms with Crippen molar-refractivity contribution >= 4 is 22.0 Å². The van der Waals surface area contributed by atoms with E-state index in [1.807, 2.05) is 32.3 Å². The molecule has 3 aliphatic rings. The van der Waals surface area contributed by atoms with Gasteiger partial charge in [-0.1, -0.05) is 13.8 Å². The molecule has 1 fully saturated rings. The average molecular weight is 408 g/mol. The predicted molar refractivity (Wildman–Crippen MR) is 110 cm³/mol. The van der Waals surface area contributed by atoms with Gasteiger partial charge in [-0.2, -0.15) is 0 Å². The van der Waals surface area contributed by atoms with E-state index in [0.29, 0.717) is 23.8 Å². The van der Waals surface area contributed by atoms with Crippen LogP contribution < -0.4 is 14.2 Å². The van der Waals surface area contributed by atoms with Crippen LogP contribution in [0.1, 0.15) is 51.1 Å². The number of benzene rings is 1. The SMILES string of the molecule is CC(C)CS(=O)(=O)Nc1c(OC2CCC2)ccc2c1OCCC2N1C=NCC1. The van der Waals surface area contributed by atoms with Crippen molar-refractivity contribution in [2.45, 2.75) is 51.7 Å². The van der Waals surface area contributed by atoms with Gasteiger partial charge >= 0.3 is 0 Å². The van der Waals surface area contributed by atoms with Gasteiger partial charge in [0.25, 0.3) is 0 Å². The first-order valence-corrected chi connectivity index (χ1v) is 11.8. The molecule has 0 saturated heterocycles. The third-order valence-electron chi connectivity index (χ3n) is 5.42. The lowest BCUT2D eigenvalue weighted by Gasteiger charge is -2.35. The lowest BCUT2D eigenvalue weighted by atomic mass is 9.95. The summed E-state index contributed by atoms with van der Waals surface area (Å²) in [5, 5.41) is 0. The second-order valence-corrected chi connectivity index (χ2v) is 9.98. The van der Waals surface area contributed by atoms with Crippen LogP contribution in [0.2, 0.25) is 0 Å². The molecule has 2 heterocycles. The predicted octanol–water partition coefficient (Wildman–Crippen LogP) is 3.18. The van der Waals surface area contributed by atoms with Gasteiger partial charge in [0.15, 0.2) is 5.75 Å². The van der Waals surface area contributed by atoms with Crippen molar-refractivity contribution in [3.8, 4) is 11.5 Å². The topological polar surface area (TPSA) is 80.2 Å². The van der Waals surface area contributed by atoms with Crippen molar-refractivity contribution in [1.82, 2.24) is 4.90 Å². The van der Waals surface area contributed by atoms with Crippen molar-refractivity contribution in [2.24, 2.45) is 10.9 Å².